The molecule has 3 aromatic rings. The van der Waals surface area contributed by atoms with Crippen LogP contribution in [-0.2, 0) is 0 Å². The van der Waals surface area contributed by atoms with Crippen LogP contribution in [0.5, 0.6) is 5.75 Å². The lowest BCUT2D eigenvalue weighted by Crippen LogP contribution is -2.18. The predicted molar refractivity (Wildman–Crippen MR) is 87.2 cm³/mol. The molecule has 6 nitrogen and oxygen atoms in total. The third-order valence-electron chi connectivity index (χ3n) is 3.74. The van der Waals surface area contributed by atoms with Crippen LogP contribution in [0.15, 0.2) is 41.0 Å². The number of nitrogens with two attached hydrogens (primary N) is 1. The second-order valence-electron chi connectivity index (χ2n) is 5.58. The molecule has 1 amide bonds. The minimum absolute atomic E-state index is 0.0213. The number of carbonyl (C=O) groups is 1. The van der Waals surface area contributed by atoms with Crippen LogP contribution < -0.4 is 10.5 Å². The summed E-state index contributed by atoms with van der Waals surface area (Å²) in [5.74, 6) is -6.39. The maximum absolute atomic E-state index is 14.3. The molecule has 0 aliphatic heterocycles. The summed E-state index contributed by atoms with van der Waals surface area (Å²) in [5.41, 5.74) is 3.84. The molecule has 1 aromatic heterocycles. The number of halogens is 4. The van der Waals surface area contributed by atoms with Crippen LogP contribution in [0.4, 0.5) is 17.6 Å². The molecule has 0 spiro atoms. The molecule has 146 valence electrons. The Kier molecular flexibility index (Phi) is 5.32. The molecule has 0 aliphatic carbocycles. The zero-order valence-corrected chi connectivity index (χ0v) is 14.0. The SMILES string of the molecule is NC(=O)c1c(F)ccc(OC(CO)c2nc(-c3ccc(F)cc3F)co2)c1F. The van der Waals surface area contributed by atoms with Crippen molar-refractivity contribution in [2.45, 2.75) is 6.10 Å². The van der Waals surface area contributed by atoms with E-state index in [9.17, 15) is 27.5 Å². The number of rotatable bonds is 6. The highest BCUT2D eigenvalue weighted by Crippen LogP contribution is 2.30. The van der Waals surface area contributed by atoms with E-state index >= 15 is 0 Å². The van der Waals surface area contributed by atoms with Crippen molar-refractivity contribution in [2.24, 2.45) is 5.73 Å². The van der Waals surface area contributed by atoms with Crippen LogP contribution in [0.3, 0.4) is 0 Å². The van der Waals surface area contributed by atoms with Crippen LogP contribution >= 0.6 is 0 Å². The smallest absolute Gasteiger partial charge is 0.254 e. The Morgan fingerprint density at radius 3 is 2.57 bits per heavy atom. The van der Waals surface area contributed by atoms with Crippen LogP contribution in [-0.4, -0.2) is 22.6 Å². The minimum Gasteiger partial charge on any atom is -0.475 e. The van der Waals surface area contributed by atoms with Crippen molar-refractivity contribution in [3.8, 4) is 17.0 Å². The summed E-state index contributed by atoms with van der Waals surface area (Å²) in [7, 11) is 0. The second kappa shape index (κ2) is 7.69. The van der Waals surface area contributed by atoms with Crippen molar-refractivity contribution in [3.05, 3.63) is 71.3 Å². The van der Waals surface area contributed by atoms with E-state index in [0.29, 0.717) is 6.07 Å². The van der Waals surface area contributed by atoms with Crippen molar-refractivity contribution in [2.75, 3.05) is 6.61 Å². The van der Waals surface area contributed by atoms with E-state index in [1.807, 2.05) is 0 Å². The highest BCUT2D eigenvalue weighted by molar-refractivity contribution is 5.93. The first-order chi connectivity index (χ1) is 13.3. The zero-order valence-electron chi connectivity index (χ0n) is 14.0. The number of ether oxygens (including phenoxy) is 1. The molecule has 0 fully saturated rings. The zero-order chi connectivity index (χ0) is 20.4. The van der Waals surface area contributed by atoms with Crippen LogP contribution in [0.25, 0.3) is 11.3 Å². The normalized spacial score (nSPS) is 12.0. The summed E-state index contributed by atoms with van der Waals surface area (Å²) in [6.45, 7) is -0.741. The van der Waals surface area contributed by atoms with E-state index in [0.717, 1.165) is 30.5 Å². The number of hydrogen-bond acceptors (Lipinski definition) is 5. The lowest BCUT2D eigenvalue weighted by molar-refractivity contribution is 0.0887. The van der Waals surface area contributed by atoms with E-state index in [1.165, 1.54) is 0 Å². The van der Waals surface area contributed by atoms with Gasteiger partial charge in [-0.3, -0.25) is 4.79 Å². The maximum atomic E-state index is 14.3. The fourth-order valence-electron chi connectivity index (χ4n) is 2.43. The van der Waals surface area contributed by atoms with Crippen molar-refractivity contribution < 1.29 is 36.6 Å². The third-order valence-corrected chi connectivity index (χ3v) is 3.74. The Balaban J connectivity index is 1.91. The highest BCUT2D eigenvalue weighted by Gasteiger charge is 2.25. The predicted octanol–water partition coefficient (Wildman–Crippen LogP) is 3.11. The standard InChI is InChI=1S/C18H12F4N2O4/c19-8-1-2-9(11(21)5-8)12-7-27-18(24-12)14(6-25)28-13-4-3-10(20)15(16(13)22)17(23)26/h1-5,7,14,25H,6H2,(H2,23,26). The summed E-state index contributed by atoms with van der Waals surface area (Å²) in [6.07, 6.45) is -0.328. The first-order valence-corrected chi connectivity index (χ1v) is 7.78. The topological polar surface area (TPSA) is 98.6 Å². The second-order valence-corrected chi connectivity index (χ2v) is 5.58. The number of hydrogen-bond donors (Lipinski definition) is 2. The van der Waals surface area contributed by atoms with Gasteiger partial charge in [-0.1, -0.05) is 0 Å². The lowest BCUT2D eigenvalue weighted by Gasteiger charge is -2.15. The summed E-state index contributed by atoms with van der Waals surface area (Å²) in [6, 6.07) is 4.47. The van der Waals surface area contributed by atoms with Gasteiger partial charge in [-0.25, -0.2) is 22.5 Å². The monoisotopic (exact) mass is 396 g/mol. The Morgan fingerprint density at radius 1 is 1.18 bits per heavy atom. The van der Waals surface area contributed by atoms with Crippen molar-refractivity contribution in [3.63, 3.8) is 0 Å². The molecule has 0 bridgehead atoms. The molecule has 28 heavy (non-hydrogen) atoms. The number of carbonyl (C=O) groups excluding carboxylic acids is 1. The van der Waals surface area contributed by atoms with E-state index in [-0.39, 0.29) is 17.1 Å². The number of aromatic nitrogens is 1. The van der Waals surface area contributed by atoms with Crippen molar-refractivity contribution >= 4 is 5.91 Å². The Labute approximate surface area is 155 Å². The number of oxazole rings is 1. The summed E-state index contributed by atoms with van der Waals surface area (Å²) in [4.78, 5) is 15.1. The molecule has 0 radical (unpaired) electrons. The number of benzene rings is 2. The molecule has 1 heterocycles. The fourth-order valence-corrected chi connectivity index (χ4v) is 2.43. The Bertz CT molecular complexity index is 1040. The lowest BCUT2D eigenvalue weighted by atomic mass is 10.1. The van der Waals surface area contributed by atoms with Gasteiger partial charge in [0.2, 0.25) is 5.89 Å². The molecule has 0 saturated carbocycles. The summed E-state index contributed by atoms with van der Waals surface area (Å²) in [5, 5.41) is 9.50. The number of nitrogens with zero attached hydrogens (tertiary/aromatic N) is 1. The van der Waals surface area contributed by atoms with Gasteiger partial charge in [-0.2, -0.15) is 0 Å². The molecular formula is C18H12F4N2O4. The van der Waals surface area contributed by atoms with Gasteiger partial charge in [-0.15, -0.1) is 0 Å². The third kappa shape index (κ3) is 3.67. The average molecular weight is 396 g/mol. The first kappa shape index (κ1) is 19.4. The van der Waals surface area contributed by atoms with Gasteiger partial charge in [0.05, 0.1) is 6.61 Å². The van der Waals surface area contributed by atoms with Crippen LogP contribution in [0, 0.1) is 23.3 Å². The van der Waals surface area contributed by atoms with Gasteiger partial charge in [0.15, 0.2) is 17.7 Å². The van der Waals surface area contributed by atoms with Gasteiger partial charge in [0, 0.05) is 11.6 Å². The number of aliphatic hydroxyl groups excluding tert-OH is 1. The first-order valence-electron chi connectivity index (χ1n) is 7.78. The Hall–Kier alpha value is -3.40. The van der Waals surface area contributed by atoms with Crippen molar-refractivity contribution in [1.29, 1.82) is 0 Å². The molecule has 10 heteroatoms. The van der Waals surface area contributed by atoms with Gasteiger partial charge >= 0.3 is 0 Å². The molecule has 0 saturated heterocycles. The Morgan fingerprint density at radius 2 is 1.93 bits per heavy atom. The van der Waals surface area contributed by atoms with Crippen LogP contribution in [0.2, 0.25) is 0 Å². The number of primary amides is 1. The van der Waals surface area contributed by atoms with E-state index in [2.05, 4.69) is 4.98 Å². The van der Waals surface area contributed by atoms with Crippen molar-refractivity contribution in [1.82, 2.24) is 4.98 Å². The summed E-state index contributed by atoms with van der Waals surface area (Å²) < 4.78 is 65.0. The molecule has 1 unspecified atom stereocenters. The molecule has 3 rings (SSSR count). The van der Waals surface area contributed by atoms with E-state index in [4.69, 9.17) is 14.9 Å². The number of amides is 1. The summed E-state index contributed by atoms with van der Waals surface area (Å²) >= 11 is 0. The quantitative estimate of drug-likeness (QED) is 0.624. The van der Waals surface area contributed by atoms with Gasteiger partial charge in [-0.05, 0) is 24.3 Å². The van der Waals surface area contributed by atoms with E-state index < -0.39 is 53.2 Å². The molecule has 0 aliphatic rings. The fraction of sp³-hybridized carbons (Fsp3) is 0.111. The molecule has 3 N–H and O–H groups in total. The average Bonchev–Trinajstić information content (AvgIpc) is 3.10. The highest BCUT2D eigenvalue weighted by atomic mass is 19.1. The van der Waals surface area contributed by atoms with Gasteiger partial charge in [0.1, 0.15) is 35.0 Å². The maximum Gasteiger partial charge on any atom is 0.254 e. The molecule has 2 aromatic carbocycles. The van der Waals surface area contributed by atoms with Crippen LogP contribution in [0.1, 0.15) is 22.4 Å². The van der Waals surface area contributed by atoms with Gasteiger partial charge in [0.25, 0.3) is 5.91 Å². The molecule has 1 atom stereocenters. The van der Waals surface area contributed by atoms with E-state index in [1.54, 1.807) is 0 Å². The minimum atomic E-state index is -1.36. The van der Waals surface area contributed by atoms with Gasteiger partial charge < -0.3 is 20.0 Å². The largest absolute Gasteiger partial charge is 0.475 e. The number of aliphatic hydroxyl groups is 1. The molecular weight excluding hydrogens is 384 g/mol.